The maximum absolute atomic E-state index is 11.7. The first-order valence-corrected chi connectivity index (χ1v) is 27.6. The van der Waals surface area contributed by atoms with Gasteiger partial charge in [0.2, 0.25) is 0 Å². The first kappa shape index (κ1) is 40.6. The van der Waals surface area contributed by atoms with Crippen LogP contribution in [0.25, 0.3) is 87.5 Å². The van der Waals surface area contributed by atoms with E-state index >= 15 is 0 Å². The van der Waals surface area contributed by atoms with Gasteiger partial charge in [-0.15, -0.1) is 0 Å². The van der Waals surface area contributed by atoms with Crippen molar-refractivity contribution >= 4 is 70.7 Å². The Bertz CT molecular complexity index is 5310. The van der Waals surface area contributed by atoms with Crippen LogP contribution in [0.5, 0.6) is 0 Å². The van der Waals surface area contributed by atoms with Crippen molar-refractivity contribution in [1.82, 2.24) is 8.97 Å². The maximum Gasteiger partial charge on any atom is 0.0995 e. The number of hydrogen-bond acceptors (Lipinski definition) is 2. The summed E-state index contributed by atoms with van der Waals surface area (Å²) in [6, 6.07) is 78.1. The monoisotopic (exact) mass is 986 g/mol. The van der Waals surface area contributed by atoms with E-state index in [2.05, 4.69) is 229 Å². The molecule has 3 aromatic heterocycles. The van der Waals surface area contributed by atoms with E-state index in [9.17, 15) is 10.5 Å². The standard InChI is InChI=1S/C74H42N4/c1-73(2)67-49(60-44-24-10-11-25-45(44)71-62(70(60)73)48-28-14-17-31-53(48)77(71)39-18-4-3-5-19-39)34-50-61-54(32-37(35-75)56-58-40-20-6-8-22-42(40)59(64(56)61)43-23-9-7-21-41(43)58)78-55-33-38(36-76)57-65(63(55)66(67)72(50)78)69-47-27-13-16-30-52(47)74(69)51-29-15-12-26-46(51)68(57)74/h3-34,58-59,68-69H,1-2H3. The van der Waals surface area contributed by atoms with E-state index in [4.69, 9.17) is 0 Å². The van der Waals surface area contributed by atoms with Crippen LogP contribution >= 0.6 is 0 Å². The molecule has 0 radical (unpaired) electrons. The molecule has 358 valence electrons. The van der Waals surface area contributed by atoms with Crippen LogP contribution < -0.4 is 0 Å². The molecule has 14 aromatic rings. The van der Waals surface area contributed by atoms with Crippen LogP contribution in [-0.2, 0) is 10.8 Å². The Kier molecular flexibility index (Phi) is 6.80. The molecule has 0 fully saturated rings. The number of aromatic nitrogens is 2. The molecule has 3 unspecified atom stereocenters. The topological polar surface area (TPSA) is 56.9 Å². The Morgan fingerprint density at radius 1 is 0.410 bits per heavy atom. The van der Waals surface area contributed by atoms with Gasteiger partial charge in [-0.05, 0) is 131 Å². The van der Waals surface area contributed by atoms with Gasteiger partial charge < -0.3 is 8.97 Å². The Morgan fingerprint density at radius 2 is 0.936 bits per heavy atom. The molecule has 78 heavy (non-hydrogen) atoms. The minimum absolute atomic E-state index is 0.0636. The lowest BCUT2D eigenvalue weighted by molar-refractivity contribution is 0.333. The predicted octanol–water partition coefficient (Wildman–Crippen LogP) is 17.0. The van der Waals surface area contributed by atoms with E-state index in [1.165, 1.54) is 143 Å². The third-order valence-electron chi connectivity index (χ3n) is 20.6. The van der Waals surface area contributed by atoms with Crippen molar-refractivity contribution in [2.45, 2.75) is 48.3 Å². The van der Waals surface area contributed by atoms with Crippen molar-refractivity contribution in [1.29, 1.82) is 10.5 Å². The number of fused-ring (bicyclic) bond motifs is 25. The van der Waals surface area contributed by atoms with Crippen LogP contribution in [-0.4, -0.2) is 8.97 Å². The van der Waals surface area contributed by atoms with E-state index in [1.54, 1.807) is 0 Å². The molecular formula is C74H42N4. The highest BCUT2D eigenvalue weighted by Gasteiger charge is 2.70. The number of benzene rings is 11. The lowest BCUT2D eigenvalue weighted by Gasteiger charge is -2.58. The summed E-state index contributed by atoms with van der Waals surface area (Å²) in [5.41, 5.74) is 28.6. The number of hydrogen-bond donors (Lipinski definition) is 0. The largest absolute Gasteiger partial charge is 0.309 e. The van der Waals surface area contributed by atoms with E-state index in [-0.39, 0.29) is 29.1 Å². The van der Waals surface area contributed by atoms with Gasteiger partial charge in [0.05, 0.1) is 50.8 Å². The zero-order valence-electron chi connectivity index (χ0n) is 42.6. The van der Waals surface area contributed by atoms with Gasteiger partial charge in [-0.1, -0.05) is 172 Å². The first-order chi connectivity index (χ1) is 38.5. The highest BCUT2D eigenvalue weighted by molar-refractivity contribution is 6.32. The minimum atomic E-state index is -0.504. The smallest absolute Gasteiger partial charge is 0.0995 e. The van der Waals surface area contributed by atoms with Gasteiger partial charge in [-0.25, -0.2) is 0 Å². The van der Waals surface area contributed by atoms with Crippen molar-refractivity contribution in [3.05, 3.63) is 283 Å². The predicted molar refractivity (Wildman–Crippen MR) is 312 cm³/mol. The average Bonchev–Trinajstić information content (AvgIpc) is 2.78. The molecule has 2 bridgehead atoms. The second-order valence-electron chi connectivity index (χ2n) is 23.8. The molecule has 3 atom stereocenters. The Hall–Kier alpha value is -9.74. The molecular weight excluding hydrogens is 945 g/mol. The molecule has 4 nitrogen and oxygen atoms in total. The Balaban J connectivity index is 1.03. The van der Waals surface area contributed by atoms with Crippen molar-refractivity contribution in [3.8, 4) is 29.0 Å². The number of para-hydroxylation sites is 2. The summed E-state index contributed by atoms with van der Waals surface area (Å²) in [6.07, 6.45) is 0. The van der Waals surface area contributed by atoms with E-state index < -0.39 is 5.41 Å². The quantitative estimate of drug-likeness (QED) is 0.165. The highest BCUT2D eigenvalue weighted by Crippen LogP contribution is 2.79. The summed E-state index contributed by atoms with van der Waals surface area (Å²) in [4.78, 5) is 0. The third-order valence-corrected chi connectivity index (χ3v) is 20.6. The SMILES string of the molecule is CC1(C)c2c(c3ccccc3c3c2c2ccccc2n3-c2ccccc2)-c2cc3c4c5c(c(C#N)cc4n4c6cc(C#N)c7c(c6c(c21)c34)C1c2ccccc2C12c1ccccc1C72)C1c2ccccc2C5c2ccccc21. The van der Waals surface area contributed by atoms with Gasteiger partial charge in [-0.2, -0.15) is 10.5 Å². The van der Waals surface area contributed by atoms with Crippen LogP contribution in [0.15, 0.2) is 194 Å². The molecule has 7 aliphatic carbocycles. The minimum Gasteiger partial charge on any atom is -0.309 e. The van der Waals surface area contributed by atoms with E-state index in [0.29, 0.717) is 0 Å². The van der Waals surface area contributed by atoms with Crippen LogP contribution in [0.4, 0.5) is 0 Å². The molecule has 3 heterocycles. The second-order valence-corrected chi connectivity index (χ2v) is 23.8. The van der Waals surface area contributed by atoms with Gasteiger partial charge in [0.25, 0.3) is 0 Å². The molecule has 0 saturated carbocycles. The molecule has 1 spiro atoms. The molecule has 0 amide bonds. The zero-order chi connectivity index (χ0) is 51.0. The van der Waals surface area contributed by atoms with Crippen molar-refractivity contribution in [2.75, 3.05) is 0 Å². The summed E-state index contributed by atoms with van der Waals surface area (Å²) >= 11 is 0. The normalized spacial score (nSPS) is 20.6. The van der Waals surface area contributed by atoms with Crippen LogP contribution in [0.2, 0.25) is 0 Å². The molecule has 0 aliphatic heterocycles. The summed E-state index contributed by atoms with van der Waals surface area (Å²) in [5.74, 6) is 0.00436. The van der Waals surface area contributed by atoms with Crippen molar-refractivity contribution < 1.29 is 0 Å². The van der Waals surface area contributed by atoms with E-state index in [0.717, 1.165) is 33.4 Å². The summed E-state index contributed by atoms with van der Waals surface area (Å²) < 4.78 is 5.05. The molecule has 21 rings (SSSR count). The third kappa shape index (κ3) is 4.04. The van der Waals surface area contributed by atoms with Crippen LogP contribution in [0.3, 0.4) is 0 Å². The van der Waals surface area contributed by atoms with Gasteiger partial charge in [0.15, 0.2) is 0 Å². The fourth-order valence-corrected chi connectivity index (χ4v) is 18.4. The van der Waals surface area contributed by atoms with Gasteiger partial charge >= 0.3 is 0 Å². The van der Waals surface area contributed by atoms with Gasteiger partial charge in [-0.3, -0.25) is 0 Å². The zero-order valence-corrected chi connectivity index (χ0v) is 42.6. The summed E-state index contributed by atoms with van der Waals surface area (Å²) in [6.45, 7) is 5.00. The highest BCUT2D eigenvalue weighted by atomic mass is 15.0. The van der Waals surface area contributed by atoms with Crippen molar-refractivity contribution in [3.63, 3.8) is 0 Å². The number of rotatable bonds is 1. The molecule has 11 aromatic carbocycles. The molecule has 0 N–H and O–H groups in total. The van der Waals surface area contributed by atoms with Crippen LogP contribution in [0, 0.1) is 22.7 Å². The maximum atomic E-state index is 11.7. The number of nitrogens with zero attached hydrogens (tertiary/aromatic N) is 4. The fourth-order valence-electron chi connectivity index (χ4n) is 18.4. The molecule has 7 aliphatic rings. The Labute approximate surface area is 448 Å². The summed E-state index contributed by atoms with van der Waals surface area (Å²) in [7, 11) is 0. The fraction of sp³-hybridized carbons (Fsp3) is 0.108. The lowest BCUT2D eigenvalue weighted by atomic mass is 9.43. The van der Waals surface area contributed by atoms with Crippen molar-refractivity contribution in [2.24, 2.45) is 0 Å². The lowest BCUT2D eigenvalue weighted by Crippen LogP contribution is -2.52. The van der Waals surface area contributed by atoms with Gasteiger partial charge in [0, 0.05) is 77.9 Å². The summed E-state index contributed by atoms with van der Waals surface area (Å²) in [5, 5.41) is 33.4. The Morgan fingerprint density at radius 3 is 1.59 bits per heavy atom. The van der Waals surface area contributed by atoms with Gasteiger partial charge in [0.1, 0.15) is 0 Å². The molecule has 0 saturated heterocycles. The first-order valence-electron chi connectivity index (χ1n) is 27.6. The van der Waals surface area contributed by atoms with E-state index in [1.807, 2.05) is 0 Å². The number of nitriles is 2. The van der Waals surface area contributed by atoms with Crippen LogP contribution in [0.1, 0.15) is 127 Å². The second kappa shape index (κ2) is 13.1. The molecule has 4 heteroatoms. The average molecular weight is 987 g/mol.